The summed E-state index contributed by atoms with van der Waals surface area (Å²) in [6.45, 7) is 9.02. The molecule has 0 aliphatic heterocycles. The smallest absolute Gasteiger partial charge is 0.00187 e. The van der Waals surface area contributed by atoms with Gasteiger partial charge in [0.1, 0.15) is 0 Å². The lowest BCUT2D eigenvalue weighted by atomic mass is 9.97. The van der Waals surface area contributed by atoms with Gasteiger partial charge in [0, 0.05) is 6.54 Å². The zero-order valence-corrected chi connectivity index (χ0v) is 11.2. The van der Waals surface area contributed by atoms with Gasteiger partial charge in [-0.15, -0.1) is 0 Å². The topological polar surface area (TPSA) is 3.24 Å². The van der Waals surface area contributed by atoms with E-state index in [1.54, 1.807) is 0 Å². The zero-order chi connectivity index (χ0) is 12.0. The van der Waals surface area contributed by atoms with Crippen molar-refractivity contribution in [3.8, 4) is 0 Å². The van der Waals surface area contributed by atoms with Gasteiger partial charge in [0.15, 0.2) is 0 Å². The van der Waals surface area contributed by atoms with Crippen molar-refractivity contribution in [2.24, 2.45) is 0 Å². The molecule has 0 saturated carbocycles. The molecule has 90 valence electrons. The molecule has 1 atom stereocenters. The lowest BCUT2D eigenvalue weighted by Gasteiger charge is -2.14. The number of benzene rings is 1. The average Bonchev–Trinajstić information content (AvgIpc) is 2.35. The summed E-state index contributed by atoms with van der Waals surface area (Å²) in [6, 6.07) is 9.14. The molecule has 1 nitrogen and oxygen atoms in total. The molecule has 16 heavy (non-hydrogen) atoms. The van der Waals surface area contributed by atoms with E-state index in [2.05, 4.69) is 57.0 Å². The quantitative estimate of drug-likeness (QED) is 0.705. The molecule has 0 aliphatic carbocycles. The Kier molecular flexibility index (Phi) is 5.54. The molecule has 1 aromatic carbocycles. The molecule has 1 rings (SSSR count). The first-order valence-electron chi connectivity index (χ1n) is 6.44. The van der Waals surface area contributed by atoms with Crippen LogP contribution in [0.3, 0.4) is 0 Å². The fraction of sp³-hybridized carbons (Fsp3) is 0.600. The third-order valence-corrected chi connectivity index (χ3v) is 3.48. The fourth-order valence-corrected chi connectivity index (χ4v) is 1.73. The van der Waals surface area contributed by atoms with Gasteiger partial charge in [-0.3, -0.25) is 0 Å². The Balaban J connectivity index is 2.51. The van der Waals surface area contributed by atoms with E-state index in [0.29, 0.717) is 5.92 Å². The van der Waals surface area contributed by atoms with Gasteiger partial charge in [-0.1, -0.05) is 45.0 Å². The lowest BCUT2D eigenvalue weighted by Crippen LogP contribution is -2.20. The van der Waals surface area contributed by atoms with Crippen LogP contribution in [0.2, 0.25) is 0 Å². The maximum atomic E-state index is 2.35. The molecule has 0 N–H and O–H groups in total. The highest BCUT2D eigenvalue weighted by Gasteiger charge is 2.02. The largest absolute Gasteiger partial charge is 0.306 e. The van der Waals surface area contributed by atoms with Crippen LogP contribution in [-0.2, 0) is 6.42 Å². The number of nitrogens with zero attached hydrogens (tertiary/aromatic N) is 1. The van der Waals surface area contributed by atoms with E-state index in [9.17, 15) is 0 Å². The van der Waals surface area contributed by atoms with Crippen molar-refractivity contribution in [3.05, 3.63) is 35.4 Å². The van der Waals surface area contributed by atoms with E-state index in [-0.39, 0.29) is 0 Å². The summed E-state index contributed by atoms with van der Waals surface area (Å²) in [6.07, 6.45) is 2.38. The summed E-state index contributed by atoms with van der Waals surface area (Å²) in [7, 11) is 2.17. The zero-order valence-electron chi connectivity index (χ0n) is 11.2. The highest BCUT2D eigenvalue weighted by Crippen LogP contribution is 2.18. The van der Waals surface area contributed by atoms with Gasteiger partial charge in [-0.05, 0) is 43.5 Å². The highest BCUT2D eigenvalue weighted by atomic mass is 15.1. The fourth-order valence-electron chi connectivity index (χ4n) is 1.73. The minimum absolute atomic E-state index is 0.687. The first-order chi connectivity index (χ1) is 7.67. The Morgan fingerprint density at radius 1 is 1.12 bits per heavy atom. The highest BCUT2D eigenvalue weighted by molar-refractivity contribution is 5.25. The third-order valence-electron chi connectivity index (χ3n) is 3.48. The van der Waals surface area contributed by atoms with Gasteiger partial charge in [-0.25, -0.2) is 0 Å². The van der Waals surface area contributed by atoms with E-state index in [1.165, 1.54) is 17.5 Å². The molecule has 1 unspecified atom stereocenters. The predicted molar refractivity (Wildman–Crippen MR) is 72.0 cm³/mol. The van der Waals surface area contributed by atoms with Crippen molar-refractivity contribution in [3.63, 3.8) is 0 Å². The molecule has 0 amide bonds. The molecule has 0 aliphatic rings. The molecule has 0 heterocycles. The summed E-state index contributed by atoms with van der Waals surface area (Å²) in [5.41, 5.74) is 2.92. The molecule has 0 bridgehead atoms. The molecule has 0 spiro atoms. The van der Waals surface area contributed by atoms with E-state index >= 15 is 0 Å². The van der Waals surface area contributed by atoms with Gasteiger partial charge < -0.3 is 4.90 Å². The summed E-state index contributed by atoms with van der Waals surface area (Å²) in [5, 5.41) is 0. The van der Waals surface area contributed by atoms with Gasteiger partial charge >= 0.3 is 0 Å². The first kappa shape index (κ1) is 13.2. The van der Waals surface area contributed by atoms with E-state index in [4.69, 9.17) is 0 Å². The van der Waals surface area contributed by atoms with E-state index in [0.717, 1.165) is 19.5 Å². The Bertz CT molecular complexity index is 289. The van der Waals surface area contributed by atoms with E-state index < -0.39 is 0 Å². The number of likely N-dealkylation sites (N-methyl/N-ethyl adjacent to an activating group) is 1. The Morgan fingerprint density at radius 2 is 1.75 bits per heavy atom. The van der Waals surface area contributed by atoms with Crippen LogP contribution in [0.15, 0.2) is 24.3 Å². The van der Waals surface area contributed by atoms with Crippen molar-refractivity contribution < 1.29 is 0 Å². The standard InChI is InChI=1S/C15H25N/c1-5-13(3)15-9-7-14(8-10-15)11-12-16(4)6-2/h7-10,13H,5-6,11-12H2,1-4H3. The lowest BCUT2D eigenvalue weighted by molar-refractivity contribution is 0.357. The molecular formula is C15H25N. The van der Waals surface area contributed by atoms with Crippen LogP contribution >= 0.6 is 0 Å². The Labute approximate surface area is 100 Å². The number of rotatable bonds is 6. The molecule has 1 heteroatoms. The van der Waals surface area contributed by atoms with Crippen LogP contribution in [-0.4, -0.2) is 25.0 Å². The van der Waals surface area contributed by atoms with Crippen molar-refractivity contribution in [1.29, 1.82) is 0 Å². The van der Waals surface area contributed by atoms with Gasteiger partial charge in [0.05, 0.1) is 0 Å². The second-order valence-electron chi connectivity index (χ2n) is 4.70. The molecule has 0 radical (unpaired) electrons. The molecule has 1 aromatic rings. The van der Waals surface area contributed by atoms with Gasteiger partial charge in [0.25, 0.3) is 0 Å². The molecule has 0 saturated heterocycles. The summed E-state index contributed by atoms with van der Waals surface area (Å²) >= 11 is 0. The number of hydrogen-bond donors (Lipinski definition) is 0. The minimum Gasteiger partial charge on any atom is -0.306 e. The predicted octanol–water partition coefficient (Wildman–Crippen LogP) is 3.69. The normalized spacial score (nSPS) is 13.1. The van der Waals surface area contributed by atoms with Crippen LogP contribution in [0.25, 0.3) is 0 Å². The maximum Gasteiger partial charge on any atom is 0.00187 e. The average molecular weight is 219 g/mol. The SMILES string of the molecule is CCC(C)c1ccc(CCN(C)CC)cc1. The second kappa shape index (κ2) is 6.70. The third kappa shape index (κ3) is 3.97. The van der Waals surface area contributed by atoms with Crippen LogP contribution in [0.4, 0.5) is 0 Å². The van der Waals surface area contributed by atoms with Crippen LogP contribution in [0.5, 0.6) is 0 Å². The molecule has 0 aromatic heterocycles. The van der Waals surface area contributed by atoms with Gasteiger partial charge in [-0.2, -0.15) is 0 Å². The maximum absolute atomic E-state index is 2.35. The molecular weight excluding hydrogens is 194 g/mol. The Morgan fingerprint density at radius 3 is 2.25 bits per heavy atom. The summed E-state index contributed by atoms with van der Waals surface area (Å²) in [4.78, 5) is 2.35. The second-order valence-corrected chi connectivity index (χ2v) is 4.70. The van der Waals surface area contributed by atoms with Crippen molar-refractivity contribution in [2.45, 2.75) is 39.5 Å². The van der Waals surface area contributed by atoms with Crippen LogP contribution in [0, 0.1) is 0 Å². The Hall–Kier alpha value is -0.820. The van der Waals surface area contributed by atoms with Crippen molar-refractivity contribution >= 4 is 0 Å². The van der Waals surface area contributed by atoms with Gasteiger partial charge in [0.2, 0.25) is 0 Å². The number of hydrogen-bond acceptors (Lipinski definition) is 1. The first-order valence-corrected chi connectivity index (χ1v) is 6.44. The minimum atomic E-state index is 0.687. The van der Waals surface area contributed by atoms with Crippen molar-refractivity contribution in [1.82, 2.24) is 4.90 Å². The van der Waals surface area contributed by atoms with Crippen molar-refractivity contribution in [2.75, 3.05) is 20.1 Å². The van der Waals surface area contributed by atoms with Crippen LogP contribution in [0.1, 0.15) is 44.2 Å². The monoisotopic (exact) mass is 219 g/mol. The summed E-state index contributed by atoms with van der Waals surface area (Å²) in [5.74, 6) is 0.687. The van der Waals surface area contributed by atoms with E-state index in [1.807, 2.05) is 0 Å². The summed E-state index contributed by atoms with van der Waals surface area (Å²) < 4.78 is 0. The van der Waals surface area contributed by atoms with Crippen LogP contribution < -0.4 is 0 Å². The molecule has 0 fully saturated rings.